The molecule has 1 aromatic rings. The van der Waals surface area contributed by atoms with Crippen LogP contribution in [-0.2, 0) is 15.0 Å². The van der Waals surface area contributed by atoms with E-state index in [1.165, 1.54) is 5.56 Å². The van der Waals surface area contributed by atoms with Gasteiger partial charge in [0.15, 0.2) is 0 Å². The fourth-order valence-corrected chi connectivity index (χ4v) is 4.24. The number of hydrogen-bond acceptors (Lipinski definition) is 3. The van der Waals surface area contributed by atoms with E-state index in [9.17, 15) is 9.59 Å². The lowest BCUT2D eigenvalue weighted by atomic mass is 9.72. The zero-order valence-electron chi connectivity index (χ0n) is 15.5. The number of nitrogens with zero attached hydrogens (tertiary/aromatic N) is 2. The lowest BCUT2D eigenvalue weighted by Crippen LogP contribution is -2.52. The molecule has 1 aromatic carbocycles. The lowest BCUT2D eigenvalue weighted by Gasteiger charge is -2.43. The summed E-state index contributed by atoms with van der Waals surface area (Å²) in [7, 11) is 0. The van der Waals surface area contributed by atoms with Crippen LogP contribution in [-0.4, -0.2) is 54.3 Å². The maximum atomic E-state index is 12.9. The van der Waals surface area contributed by atoms with Crippen LogP contribution in [0.1, 0.15) is 38.2 Å². The van der Waals surface area contributed by atoms with Crippen LogP contribution in [0, 0.1) is 5.92 Å². The van der Waals surface area contributed by atoms with Gasteiger partial charge in [-0.3, -0.25) is 9.59 Å². The minimum Gasteiger partial charge on any atom is -0.342 e. The number of benzene rings is 1. The number of carbonyl (C=O) groups is 2. The molecule has 26 heavy (non-hydrogen) atoms. The van der Waals surface area contributed by atoms with Gasteiger partial charge in [-0.2, -0.15) is 0 Å². The monoisotopic (exact) mass is 379 g/mol. The molecule has 2 fully saturated rings. The van der Waals surface area contributed by atoms with Crippen molar-refractivity contribution in [2.45, 2.75) is 38.0 Å². The second-order valence-corrected chi connectivity index (χ2v) is 7.34. The van der Waals surface area contributed by atoms with Gasteiger partial charge < -0.3 is 15.5 Å². The first-order chi connectivity index (χ1) is 12.1. The average Bonchev–Trinajstić information content (AvgIpc) is 2.68. The highest BCUT2D eigenvalue weighted by atomic mass is 35.5. The van der Waals surface area contributed by atoms with E-state index in [1.807, 2.05) is 22.8 Å². The highest BCUT2D eigenvalue weighted by Crippen LogP contribution is 2.35. The van der Waals surface area contributed by atoms with Gasteiger partial charge in [-0.25, -0.2) is 0 Å². The van der Waals surface area contributed by atoms with Crippen molar-refractivity contribution in [2.24, 2.45) is 11.7 Å². The molecule has 144 valence electrons. The van der Waals surface area contributed by atoms with Crippen LogP contribution >= 0.6 is 12.4 Å². The normalized spacial score (nSPS) is 22.7. The van der Waals surface area contributed by atoms with E-state index in [0.29, 0.717) is 32.5 Å². The van der Waals surface area contributed by atoms with E-state index in [0.717, 1.165) is 25.9 Å². The van der Waals surface area contributed by atoms with E-state index in [4.69, 9.17) is 5.73 Å². The number of hydrogen-bond donors (Lipinski definition) is 1. The van der Waals surface area contributed by atoms with Crippen LogP contribution < -0.4 is 5.73 Å². The summed E-state index contributed by atoms with van der Waals surface area (Å²) >= 11 is 0. The number of carbonyl (C=O) groups excluding carboxylic acids is 2. The van der Waals surface area contributed by atoms with Gasteiger partial charge in [0, 0.05) is 44.6 Å². The molecule has 6 heteroatoms. The SMILES string of the molecule is CCN1CC(C(=O)N2CCC(CN)(c3ccccc3)CC2)CCC1=O.Cl. The van der Waals surface area contributed by atoms with Crippen LogP contribution in [0.3, 0.4) is 0 Å². The number of nitrogens with two attached hydrogens (primary N) is 1. The molecule has 0 radical (unpaired) electrons. The van der Waals surface area contributed by atoms with Crippen LogP contribution in [0.4, 0.5) is 0 Å². The van der Waals surface area contributed by atoms with Crippen molar-refractivity contribution >= 4 is 24.2 Å². The Hall–Kier alpha value is -1.59. The molecule has 5 nitrogen and oxygen atoms in total. The lowest BCUT2D eigenvalue weighted by molar-refractivity contribution is -0.143. The predicted octanol–water partition coefficient (Wildman–Crippen LogP) is 2.19. The summed E-state index contributed by atoms with van der Waals surface area (Å²) in [4.78, 5) is 28.6. The molecule has 1 atom stereocenters. The Morgan fingerprint density at radius 2 is 1.88 bits per heavy atom. The standard InChI is InChI=1S/C20H29N3O2.ClH/c1-2-22-14-16(8-9-18(22)24)19(25)23-12-10-20(15-21,11-13-23)17-6-4-3-5-7-17;/h3-7,16H,2,8-15,21H2,1H3;1H. The molecule has 1 unspecified atom stereocenters. The highest BCUT2D eigenvalue weighted by Gasteiger charge is 2.39. The third-order valence-electron chi connectivity index (χ3n) is 6.04. The van der Waals surface area contributed by atoms with Gasteiger partial charge in [0.25, 0.3) is 0 Å². The first kappa shape index (κ1) is 20.7. The van der Waals surface area contributed by atoms with Crippen molar-refractivity contribution < 1.29 is 9.59 Å². The zero-order chi connectivity index (χ0) is 17.9. The molecule has 0 aliphatic carbocycles. The van der Waals surface area contributed by atoms with Gasteiger partial charge in [-0.05, 0) is 31.7 Å². The molecule has 0 bridgehead atoms. The van der Waals surface area contributed by atoms with Crippen LogP contribution in [0.15, 0.2) is 30.3 Å². The van der Waals surface area contributed by atoms with E-state index >= 15 is 0 Å². The first-order valence-electron chi connectivity index (χ1n) is 9.42. The topological polar surface area (TPSA) is 66.6 Å². The maximum Gasteiger partial charge on any atom is 0.227 e. The Morgan fingerprint density at radius 3 is 2.46 bits per heavy atom. The number of amides is 2. The van der Waals surface area contributed by atoms with Crippen LogP contribution in [0.5, 0.6) is 0 Å². The summed E-state index contributed by atoms with van der Waals surface area (Å²) in [6.45, 7) is 5.35. The number of halogens is 1. The van der Waals surface area contributed by atoms with Gasteiger partial charge in [-0.15, -0.1) is 12.4 Å². The zero-order valence-corrected chi connectivity index (χ0v) is 16.3. The molecule has 2 aliphatic heterocycles. The number of piperidine rings is 2. The molecule has 0 spiro atoms. The van der Waals surface area contributed by atoms with Crippen molar-refractivity contribution in [3.63, 3.8) is 0 Å². The van der Waals surface area contributed by atoms with Crippen molar-refractivity contribution in [1.29, 1.82) is 0 Å². The molecule has 3 rings (SSSR count). The molecule has 2 N–H and O–H groups in total. The molecule has 2 heterocycles. The number of rotatable bonds is 4. The second-order valence-electron chi connectivity index (χ2n) is 7.34. The fourth-order valence-electron chi connectivity index (χ4n) is 4.24. The van der Waals surface area contributed by atoms with E-state index in [2.05, 4.69) is 24.3 Å². The van der Waals surface area contributed by atoms with Gasteiger partial charge >= 0.3 is 0 Å². The van der Waals surface area contributed by atoms with Crippen molar-refractivity contribution in [1.82, 2.24) is 9.80 Å². The minimum absolute atomic E-state index is 0. The quantitative estimate of drug-likeness (QED) is 0.871. The van der Waals surface area contributed by atoms with Crippen molar-refractivity contribution in [2.75, 3.05) is 32.7 Å². The van der Waals surface area contributed by atoms with Crippen molar-refractivity contribution in [3.8, 4) is 0 Å². The Bertz CT molecular complexity index is 615. The number of likely N-dealkylation sites (tertiary alicyclic amines) is 2. The minimum atomic E-state index is -0.0419. The Kier molecular flexibility index (Phi) is 7.07. The summed E-state index contributed by atoms with van der Waals surface area (Å²) < 4.78 is 0. The molecule has 2 saturated heterocycles. The van der Waals surface area contributed by atoms with E-state index < -0.39 is 0 Å². The second kappa shape index (κ2) is 8.87. The predicted molar refractivity (Wildman–Crippen MR) is 105 cm³/mol. The van der Waals surface area contributed by atoms with Gasteiger partial charge in [0.1, 0.15) is 0 Å². The fraction of sp³-hybridized carbons (Fsp3) is 0.600. The third-order valence-corrected chi connectivity index (χ3v) is 6.04. The van der Waals surface area contributed by atoms with Gasteiger partial charge in [0.2, 0.25) is 11.8 Å². The average molecular weight is 380 g/mol. The summed E-state index contributed by atoms with van der Waals surface area (Å²) in [6.07, 6.45) is 2.99. The third kappa shape index (κ3) is 4.04. The van der Waals surface area contributed by atoms with Gasteiger partial charge in [-0.1, -0.05) is 30.3 Å². The van der Waals surface area contributed by atoms with Gasteiger partial charge in [0.05, 0.1) is 5.92 Å². The maximum absolute atomic E-state index is 12.9. The highest BCUT2D eigenvalue weighted by molar-refractivity contribution is 5.85. The largest absolute Gasteiger partial charge is 0.342 e. The molecule has 0 saturated carbocycles. The molecular formula is C20H30ClN3O2. The van der Waals surface area contributed by atoms with Crippen molar-refractivity contribution in [3.05, 3.63) is 35.9 Å². The van der Waals surface area contributed by atoms with E-state index in [1.54, 1.807) is 0 Å². The molecule has 2 amide bonds. The van der Waals surface area contributed by atoms with Crippen LogP contribution in [0.2, 0.25) is 0 Å². The first-order valence-corrected chi connectivity index (χ1v) is 9.42. The molecular weight excluding hydrogens is 350 g/mol. The van der Waals surface area contributed by atoms with Crippen LogP contribution in [0.25, 0.3) is 0 Å². The van der Waals surface area contributed by atoms with E-state index in [-0.39, 0.29) is 35.6 Å². The summed E-state index contributed by atoms with van der Waals surface area (Å²) in [5, 5.41) is 0. The molecule has 2 aliphatic rings. The molecule has 0 aromatic heterocycles. The Balaban J connectivity index is 0.00000243. The summed E-state index contributed by atoms with van der Waals surface area (Å²) in [5.41, 5.74) is 7.40. The Morgan fingerprint density at radius 1 is 1.23 bits per heavy atom. The summed E-state index contributed by atoms with van der Waals surface area (Å²) in [6, 6.07) is 10.4. The Labute approximate surface area is 162 Å². The summed E-state index contributed by atoms with van der Waals surface area (Å²) in [5.74, 6) is 0.348. The smallest absolute Gasteiger partial charge is 0.227 e.